The highest BCUT2D eigenvalue weighted by atomic mass is 16.3. The van der Waals surface area contributed by atoms with E-state index in [1.165, 1.54) is 18.5 Å². The topological polar surface area (TPSA) is 82.5 Å². The lowest BCUT2D eigenvalue weighted by Gasteiger charge is -2.29. The molecule has 1 amide bonds. The molecule has 0 fully saturated rings. The molecule has 0 aliphatic heterocycles. The summed E-state index contributed by atoms with van der Waals surface area (Å²) in [4.78, 5) is 15.6. The van der Waals surface area contributed by atoms with Crippen molar-refractivity contribution in [2.45, 2.75) is 26.7 Å². The van der Waals surface area contributed by atoms with Gasteiger partial charge in [-0.15, -0.1) is 0 Å². The number of hydrogen-bond acceptors (Lipinski definition) is 4. The minimum absolute atomic E-state index is 0.0398. The third-order valence-corrected chi connectivity index (χ3v) is 3.45. The standard InChI is InChI=1S/C13H20N2O3/c1-3-13(4-2,9-16)8-15-12(18)10-5-11(17)7-14-6-10/h5-7,16-17H,3-4,8-9H2,1-2H3,(H,15,18). The van der Waals surface area contributed by atoms with Crippen LogP contribution in [0.2, 0.25) is 0 Å². The van der Waals surface area contributed by atoms with Crippen LogP contribution in [-0.2, 0) is 0 Å². The molecule has 18 heavy (non-hydrogen) atoms. The number of aliphatic hydroxyl groups excluding tert-OH is 1. The SMILES string of the molecule is CCC(CC)(CO)CNC(=O)c1cncc(O)c1. The fourth-order valence-electron chi connectivity index (χ4n) is 1.70. The first-order chi connectivity index (χ1) is 8.56. The van der Waals surface area contributed by atoms with E-state index in [2.05, 4.69) is 10.3 Å². The molecule has 5 nitrogen and oxygen atoms in total. The molecule has 0 bridgehead atoms. The van der Waals surface area contributed by atoms with Crippen LogP contribution in [0.5, 0.6) is 5.75 Å². The molecule has 0 aliphatic rings. The minimum Gasteiger partial charge on any atom is -0.506 e. The van der Waals surface area contributed by atoms with Crippen molar-refractivity contribution in [2.75, 3.05) is 13.2 Å². The molecule has 100 valence electrons. The van der Waals surface area contributed by atoms with Gasteiger partial charge in [0.25, 0.3) is 5.91 Å². The number of nitrogens with one attached hydrogen (secondary N) is 1. The number of amides is 1. The van der Waals surface area contributed by atoms with Crippen LogP contribution in [0.1, 0.15) is 37.0 Å². The molecule has 1 aromatic heterocycles. The van der Waals surface area contributed by atoms with Crippen molar-refractivity contribution in [3.63, 3.8) is 0 Å². The Morgan fingerprint density at radius 1 is 1.39 bits per heavy atom. The maximum atomic E-state index is 11.8. The molecule has 0 saturated heterocycles. The highest BCUT2D eigenvalue weighted by molar-refractivity contribution is 5.94. The fourth-order valence-corrected chi connectivity index (χ4v) is 1.70. The summed E-state index contributed by atoms with van der Waals surface area (Å²) in [6.07, 6.45) is 4.25. The molecule has 5 heteroatoms. The molecule has 0 radical (unpaired) electrons. The molecule has 3 N–H and O–H groups in total. The number of pyridine rings is 1. The van der Waals surface area contributed by atoms with Crippen LogP contribution in [-0.4, -0.2) is 34.3 Å². The highest BCUT2D eigenvalue weighted by Crippen LogP contribution is 2.24. The third-order valence-electron chi connectivity index (χ3n) is 3.45. The summed E-state index contributed by atoms with van der Waals surface area (Å²) < 4.78 is 0. The van der Waals surface area contributed by atoms with Gasteiger partial charge in [-0.3, -0.25) is 9.78 Å². The Kier molecular flexibility index (Phi) is 5.09. The Morgan fingerprint density at radius 2 is 2.06 bits per heavy atom. The molecule has 0 spiro atoms. The van der Waals surface area contributed by atoms with E-state index >= 15 is 0 Å². The van der Waals surface area contributed by atoms with E-state index in [0.29, 0.717) is 12.1 Å². The van der Waals surface area contributed by atoms with Crippen LogP contribution < -0.4 is 5.32 Å². The van der Waals surface area contributed by atoms with E-state index in [1.807, 2.05) is 13.8 Å². The summed E-state index contributed by atoms with van der Waals surface area (Å²) in [5.41, 5.74) is 0.0361. The van der Waals surface area contributed by atoms with Crippen LogP contribution in [0, 0.1) is 5.41 Å². The zero-order valence-electron chi connectivity index (χ0n) is 10.8. The predicted molar refractivity (Wildman–Crippen MR) is 68.3 cm³/mol. The van der Waals surface area contributed by atoms with Crippen molar-refractivity contribution < 1.29 is 15.0 Å². The van der Waals surface area contributed by atoms with Crippen molar-refractivity contribution in [2.24, 2.45) is 5.41 Å². The number of aliphatic hydroxyl groups is 1. The number of aromatic nitrogens is 1. The van der Waals surface area contributed by atoms with Crippen LogP contribution in [0.3, 0.4) is 0 Å². The van der Waals surface area contributed by atoms with Crippen LogP contribution in [0.15, 0.2) is 18.5 Å². The Bertz CT molecular complexity index is 395. The zero-order chi connectivity index (χ0) is 13.6. The smallest absolute Gasteiger partial charge is 0.253 e. The van der Waals surface area contributed by atoms with Gasteiger partial charge in [0, 0.05) is 18.2 Å². The van der Waals surface area contributed by atoms with Gasteiger partial charge in [-0.05, 0) is 18.9 Å². The summed E-state index contributed by atoms with van der Waals surface area (Å²) in [6.45, 7) is 4.42. The number of aromatic hydroxyl groups is 1. The van der Waals surface area contributed by atoms with Crippen molar-refractivity contribution in [3.05, 3.63) is 24.0 Å². The fraction of sp³-hybridized carbons (Fsp3) is 0.538. The average molecular weight is 252 g/mol. The number of rotatable bonds is 6. The van der Waals surface area contributed by atoms with Gasteiger partial charge in [-0.2, -0.15) is 0 Å². The summed E-state index contributed by atoms with van der Waals surface area (Å²) in [7, 11) is 0. The predicted octanol–water partition coefficient (Wildman–Crippen LogP) is 1.32. The largest absolute Gasteiger partial charge is 0.506 e. The quantitative estimate of drug-likeness (QED) is 0.713. The number of carbonyl (C=O) groups excluding carboxylic acids is 1. The van der Waals surface area contributed by atoms with Gasteiger partial charge in [-0.25, -0.2) is 0 Å². The second kappa shape index (κ2) is 6.35. The monoisotopic (exact) mass is 252 g/mol. The van der Waals surface area contributed by atoms with Crippen molar-refractivity contribution in [1.29, 1.82) is 0 Å². The molecule has 1 rings (SSSR count). The first kappa shape index (κ1) is 14.4. The Morgan fingerprint density at radius 3 is 2.56 bits per heavy atom. The molecule has 0 aromatic carbocycles. The van der Waals surface area contributed by atoms with E-state index in [9.17, 15) is 15.0 Å². The van der Waals surface area contributed by atoms with Gasteiger partial charge in [0.1, 0.15) is 5.75 Å². The number of carbonyl (C=O) groups is 1. The van der Waals surface area contributed by atoms with Crippen molar-refractivity contribution >= 4 is 5.91 Å². The Hall–Kier alpha value is -1.62. The molecule has 0 atom stereocenters. The normalized spacial score (nSPS) is 11.3. The van der Waals surface area contributed by atoms with E-state index in [1.54, 1.807) is 0 Å². The van der Waals surface area contributed by atoms with E-state index in [4.69, 9.17) is 0 Å². The second-order valence-corrected chi connectivity index (χ2v) is 4.48. The second-order valence-electron chi connectivity index (χ2n) is 4.48. The maximum absolute atomic E-state index is 11.8. The number of nitrogens with zero attached hydrogens (tertiary/aromatic N) is 1. The lowest BCUT2D eigenvalue weighted by atomic mass is 9.83. The molecular formula is C13H20N2O3. The lowest BCUT2D eigenvalue weighted by molar-refractivity contribution is 0.0850. The van der Waals surface area contributed by atoms with Gasteiger partial charge >= 0.3 is 0 Å². The molecule has 1 aromatic rings. The third kappa shape index (κ3) is 3.43. The van der Waals surface area contributed by atoms with Crippen molar-refractivity contribution in [1.82, 2.24) is 10.3 Å². The zero-order valence-corrected chi connectivity index (χ0v) is 10.8. The molecular weight excluding hydrogens is 232 g/mol. The van der Waals surface area contributed by atoms with E-state index in [-0.39, 0.29) is 23.7 Å². The van der Waals surface area contributed by atoms with E-state index < -0.39 is 0 Å². The average Bonchev–Trinajstić information content (AvgIpc) is 2.40. The summed E-state index contributed by atoms with van der Waals surface area (Å²) in [5.74, 6) is -0.333. The van der Waals surface area contributed by atoms with Crippen LogP contribution in [0.25, 0.3) is 0 Å². The summed E-state index contributed by atoms with van der Waals surface area (Å²) in [5, 5.41) is 21.4. The summed E-state index contributed by atoms with van der Waals surface area (Å²) in [6, 6.07) is 1.36. The minimum atomic E-state index is -0.293. The maximum Gasteiger partial charge on any atom is 0.253 e. The van der Waals surface area contributed by atoms with Gasteiger partial charge < -0.3 is 15.5 Å². The molecule has 0 aliphatic carbocycles. The van der Waals surface area contributed by atoms with Crippen molar-refractivity contribution in [3.8, 4) is 5.75 Å². The lowest BCUT2D eigenvalue weighted by Crippen LogP contribution is -2.39. The van der Waals surface area contributed by atoms with Gasteiger partial charge in [0.2, 0.25) is 0 Å². The first-order valence-corrected chi connectivity index (χ1v) is 6.10. The number of hydrogen-bond donors (Lipinski definition) is 3. The molecule has 1 heterocycles. The highest BCUT2D eigenvalue weighted by Gasteiger charge is 2.25. The molecule has 0 unspecified atom stereocenters. The molecule has 0 saturated carbocycles. The van der Waals surface area contributed by atoms with E-state index in [0.717, 1.165) is 12.8 Å². The Balaban J connectivity index is 2.66. The van der Waals surface area contributed by atoms with Gasteiger partial charge in [-0.1, -0.05) is 13.8 Å². The van der Waals surface area contributed by atoms with Crippen LogP contribution >= 0.6 is 0 Å². The Labute approximate surface area is 107 Å². The van der Waals surface area contributed by atoms with Gasteiger partial charge in [0.05, 0.1) is 18.4 Å². The van der Waals surface area contributed by atoms with Crippen LogP contribution in [0.4, 0.5) is 0 Å². The first-order valence-electron chi connectivity index (χ1n) is 6.10. The summed E-state index contributed by atoms with van der Waals surface area (Å²) >= 11 is 0. The van der Waals surface area contributed by atoms with Gasteiger partial charge in [0.15, 0.2) is 0 Å².